The number of carbonyl (C=O) groups excluding carboxylic acids is 2. The summed E-state index contributed by atoms with van der Waals surface area (Å²) in [7, 11) is 1.56. The van der Waals surface area contributed by atoms with Gasteiger partial charge in [-0.05, 0) is 52.7 Å². The van der Waals surface area contributed by atoms with Gasteiger partial charge in [-0.2, -0.15) is 0 Å². The van der Waals surface area contributed by atoms with Crippen molar-refractivity contribution in [2.24, 2.45) is 0 Å². The molecule has 0 saturated carbocycles. The van der Waals surface area contributed by atoms with E-state index in [0.29, 0.717) is 38.9 Å². The second-order valence-electron chi connectivity index (χ2n) is 6.13. The van der Waals surface area contributed by atoms with Gasteiger partial charge in [-0.1, -0.05) is 25.5 Å². The van der Waals surface area contributed by atoms with E-state index in [4.69, 9.17) is 9.15 Å². The molecule has 140 valence electrons. The molecule has 1 heterocycles. The van der Waals surface area contributed by atoms with E-state index < -0.39 is 0 Å². The predicted octanol–water partition coefficient (Wildman–Crippen LogP) is 5.56. The number of ether oxygens (including phenoxy) is 1. The van der Waals surface area contributed by atoms with Crippen LogP contribution in [0.25, 0.3) is 11.0 Å². The van der Waals surface area contributed by atoms with E-state index in [9.17, 15) is 9.59 Å². The van der Waals surface area contributed by atoms with Crippen molar-refractivity contribution in [2.75, 3.05) is 12.4 Å². The minimum Gasteiger partial charge on any atom is -0.496 e. The lowest BCUT2D eigenvalue weighted by molar-refractivity contribution is -0.116. The van der Waals surface area contributed by atoms with Crippen LogP contribution in [0.1, 0.15) is 42.3 Å². The van der Waals surface area contributed by atoms with Crippen LogP contribution in [0.5, 0.6) is 5.75 Å². The van der Waals surface area contributed by atoms with Gasteiger partial charge < -0.3 is 14.5 Å². The molecule has 27 heavy (non-hydrogen) atoms. The number of fused-ring (bicyclic) bond motifs is 1. The van der Waals surface area contributed by atoms with Gasteiger partial charge in [0.05, 0.1) is 17.3 Å². The molecule has 6 heteroatoms. The summed E-state index contributed by atoms with van der Waals surface area (Å²) in [6, 6.07) is 12.3. The molecule has 1 aromatic heterocycles. The van der Waals surface area contributed by atoms with Crippen LogP contribution < -0.4 is 10.1 Å². The predicted molar refractivity (Wildman–Crippen MR) is 108 cm³/mol. The van der Waals surface area contributed by atoms with Gasteiger partial charge in [0.2, 0.25) is 11.7 Å². The lowest BCUT2D eigenvalue weighted by Gasteiger charge is -2.07. The highest BCUT2D eigenvalue weighted by atomic mass is 79.9. The normalized spacial score (nSPS) is 10.8. The first-order valence-corrected chi connectivity index (χ1v) is 9.54. The topological polar surface area (TPSA) is 68.5 Å². The lowest BCUT2D eigenvalue weighted by atomic mass is 10.1. The first-order valence-electron chi connectivity index (χ1n) is 8.74. The minimum atomic E-state index is -0.305. The number of amides is 1. The molecule has 0 atom stereocenters. The van der Waals surface area contributed by atoms with Crippen LogP contribution in [0.4, 0.5) is 5.69 Å². The number of furan rings is 1. The Bertz CT molecular complexity index is 993. The summed E-state index contributed by atoms with van der Waals surface area (Å²) in [6.45, 7) is 2.02. The number of nitrogens with one attached hydrogen (secondary N) is 1. The fourth-order valence-electron chi connectivity index (χ4n) is 2.81. The van der Waals surface area contributed by atoms with Gasteiger partial charge in [-0.25, -0.2) is 0 Å². The average Bonchev–Trinajstić information content (AvgIpc) is 3.04. The zero-order chi connectivity index (χ0) is 19.4. The number of anilines is 1. The Morgan fingerprint density at radius 2 is 1.96 bits per heavy atom. The SMILES string of the molecule is CCCCC(=O)Nc1c(C(=O)c2ccc(OC)c(Br)c2)oc2ccccc12. The highest BCUT2D eigenvalue weighted by molar-refractivity contribution is 9.10. The number of benzene rings is 2. The zero-order valence-electron chi connectivity index (χ0n) is 15.2. The molecule has 1 N–H and O–H groups in total. The third kappa shape index (κ3) is 4.06. The molecule has 0 saturated heterocycles. The zero-order valence-corrected chi connectivity index (χ0v) is 16.8. The van der Waals surface area contributed by atoms with Crippen LogP contribution in [0.15, 0.2) is 51.4 Å². The Morgan fingerprint density at radius 1 is 1.19 bits per heavy atom. The summed E-state index contributed by atoms with van der Waals surface area (Å²) in [5.41, 5.74) is 1.41. The van der Waals surface area contributed by atoms with Gasteiger partial charge >= 0.3 is 0 Å². The van der Waals surface area contributed by atoms with Crippen LogP contribution >= 0.6 is 15.9 Å². The third-order valence-corrected chi connectivity index (χ3v) is 4.86. The summed E-state index contributed by atoms with van der Waals surface area (Å²) in [6.07, 6.45) is 2.11. The van der Waals surface area contributed by atoms with E-state index >= 15 is 0 Å². The lowest BCUT2D eigenvalue weighted by Crippen LogP contribution is -2.13. The fourth-order valence-corrected chi connectivity index (χ4v) is 3.35. The van der Waals surface area contributed by atoms with E-state index in [1.165, 1.54) is 0 Å². The maximum Gasteiger partial charge on any atom is 0.230 e. The van der Waals surface area contributed by atoms with Gasteiger partial charge in [0.15, 0.2) is 5.76 Å². The number of para-hydroxylation sites is 1. The molecule has 2 aromatic carbocycles. The van der Waals surface area contributed by atoms with Crippen LogP contribution in [-0.4, -0.2) is 18.8 Å². The summed E-state index contributed by atoms with van der Waals surface area (Å²) in [4.78, 5) is 25.4. The van der Waals surface area contributed by atoms with Crippen molar-refractivity contribution in [2.45, 2.75) is 26.2 Å². The average molecular weight is 430 g/mol. The van der Waals surface area contributed by atoms with Gasteiger partial charge in [-0.3, -0.25) is 9.59 Å². The highest BCUT2D eigenvalue weighted by Crippen LogP contribution is 2.34. The number of rotatable bonds is 7. The molecular weight excluding hydrogens is 410 g/mol. The molecule has 0 aliphatic rings. The minimum absolute atomic E-state index is 0.123. The van der Waals surface area contributed by atoms with Gasteiger partial charge in [0, 0.05) is 17.4 Å². The number of hydrogen-bond acceptors (Lipinski definition) is 4. The van der Waals surface area contributed by atoms with Gasteiger partial charge in [-0.15, -0.1) is 0 Å². The molecule has 0 fully saturated rings. The first kappa shape index (κ1) is 19.2. The van der Waals surface area contributed by atoms with Crippen molar-refractivity contribution < 1.29 is 18.7 Å². The maximum atomic E-state index is 13.1. The molecule has 3 rings (SSSR count). The number of hydrogen-bond donors (Lipinski definition) is 1. The summed E-state index contributed by atoms with van der Waals surface area (Å²) >= 11 is 3.39. The van der Waals surface area contributed by atoms with E-state index in [-0.39, 0.29) is 17.5 Å². The Balaban J connectivity index is 2.02. The largest absolute Gasteiger partial charge is 0.496 e. The Kier molecular flexibility index (Phi) is 5.96. The molecule has 0 bridgehead atoms. The van der Waals surface area contributed by atoms with Crippen molar-refractivity contribution in [3.8, 4) is 5.75 Å². The molecule has 0 aliphatic heterocycles. The van der Waals surface area contributed by atoms with Gasteiger partial charge in [0.1, 0.15) is 11.3 Å². The van der Waals surface area contributed by atoms with Crippen molar-refractivity contribution in [3.63, 3.8) is 0 Å². The number of unbranched alkanes of at least 4 members (excludes halogenated alkanes) is 1. The number of ketones is 1. The first-order chi connectivity index (χ1) is 13.0. The molecule has 1 amide bonds. The van der Waals surface area contributed by atoms with E-state index in [1.54, 1.807) is 31.4 Å². The number of methoxy groups -OCH3 is 1. The molecule has 0 radical (unpaired) electrons. The summed E-state index contributed by atoms with van der Waals surface area (Å²) in [5.74, 6) is 0.316. The second kappa shape index (κ2) is 8.39. The van der Waals surface area contributed by atoms with Crippen LogP contribution in [0.3, 0.4) is 0 Å². The van der Waals surface area contributed by atoms with Crippen LogP contribution in [0.2, 0.25) is 0 Å². The van der Waals surface area contributed by atoms with Crippen LogP contribution in [-0.2, 0) is 4.79 Å². The molecular formula is C21H20BrNO4. The molecule has 0 unspecified atom stereocenters. The van der Waals surface area contributed by atoms with E-state index in [1.807, 2.05) is 25.1 Å². The van der Waals surface area contributed by atoms with Crippen molar-refractivity contribution in [1.29, 1.82) is 0 Å². The van der Waals surface area contributed by atoms with Crippen molar-refractivity contribution in [1.82, 2.24) is 0 Å². The third-order valence-electron chi connectivity index (χ3n) is 4.24. The van der Waals surface area contributed by atoms with E-state index in [0.717, 1.165) is 12.8 Å². The smallest absolute Gasteiger partial charge is 0.230 e. The highest BCUT2D eigenvalue weighted by Gasteiger charge is 2.23. The Morgan fingerprint density at radius 3 is 2.67 bits per heavy atom. The van der Waals surface area contributed by atoms with E-state index in [2.05, 4.69) is 21.2 Å². The van der Waals surface area contributed by atoms with Crippen molar-refractivity contribution >= 4 is 44.3 Å². The molecule has 5 nitrogen and oxygen atoms in total. The monoisotopic (exact) mass is 429 g/mol. The quantitative estimate of drug-likeness (QED) is 0.498. The Hall–Kier alpha value is -2.60. The van der Waals surface area contributed by atoms with Gasteiger partial charge in [0.25, 0.3) is 0 Å². The standard InChI is InChI=1S/C21H20BrNO4/c1-3-4-9-18(24)23-19-14-7-5-6-8-16(14)27-21(19)20(25)13-10-11-17(26-2)15(22)12-13/h5-8,10-12H,3-4,9H2,1-2H3,(H,23,24). The number of carbonyl (C=O) groups is 2. The number of halogens is 1. The van der Waals surface area contributed by atoms with Crippen LogP contribution in [0, 0.1) is 0 Å². The Labute approximate surface area is 165 Å². The molecule has 0 aliphatic carbocycles. The summed E-state index contributed by atoms with van der Waals surface area (Å²) in [5, 5.41) is 3.57. The maximum absolute atomic E-state index is 13.1. The summed E-state index contributed by atoms with van der Waals surface area (Å²) < 4.78 is 11.7. The second-order valence-corrected chi connectivity index (χ2v) is 6.99. The fraction of sp³-hybridized carbons (Fsp3) is 0.238. The molecule has 3 aromatic rings. The van der Waals surface area contributed by atoms with Crippen molar-refractivity contribution in [3.05, 3.63) is 58.3 Å². The molecule has 0 spiro atoms.